The van der Waals surface area contributed by atoms with Crippen molar-refractivity contribution in [3.8, 4) is 0 Å². The number of hydrogen-bond acceptors (Lipinski definition) is 4. The molecule has 5 nitrogen and oxygen atoms in total. The Balaban J connectivity index is 2.06. The lowest BCUT2D eigenvalue weighted by Crippen LogP contribution is -2.30. The van der Waals surface area contributed by atoms with Crippen LogP contribution in [0.15, 0.2) is 53.4 Å². The topological polar surface area (TPSA) is 72.5 Å². The van der Waals surface area contributed by atoms with E-state index in [0.29, 0.717) is 16.3 Å². The first kappa shape index (κ1) is 18.9. The van der Waals surface area contributed by atoms with Crippen molar-refractivity contribution in [3.63, 3.8) is 0 Å². The molecule has 0 saturated carbocycles. The predicted octanol–water partition coefficient (Wildman–Crippen LogP) is 3.31. The lowest BCUT2D eigenvalue weighted by atomic mass is 10.2. The van der Waals surface area contributed by atoms with Crippen molar-refractivity contribution in [2.75, 3.05) is 11.1 Å². The van der Waals surface area contributed by atoms with E-state index in [9.17, 15) is 13.8 Å². The summed E-state index contributed by atoms with van der Waals surface area (Å²) in [5, 5.41) is 2.70. The molecule has 2 aromatic rings. The molecule has 0 radical (unpaired) electrons. The fraction of sp³-hybridized carbons (Fsp3) is 0.263. The fourth-order valence-corrected chi connectivity index (χ4v) is 3.09. The number of ether oxygens (including phenoxy) is 1. The summed E-state index contributed by atoms with van der Waals surface area (Å²) in [5.74, 6) is -0.691. The Morgan fingerprint density at radius 1 is 1.12 bits per heavy atom. The summed E-state index contributed by atoms with van der Waals surface area (Å²) < 4.78 is 17.3. The molecule has 0 spiro atoms. The highest BCUT2D eigenvalue weighted by atomic mass is 32.2. The van der Waals surface area contributed by atoms with Crippen molar-refractivity contribution in [3.05, 3.63) is 59.7 Å². The van der Waals surface area contributed by atoms with E-state index in [1.807, 2.05) is 19.1 Å². The van der Waals surface area contributed by atoms with Gasteiger partial charge < -0.3 is 10.1 Å². The van der Waals surface area contributed by atoms with Crippen LogP contribution in [0.25, 0.3) is 0 Å². The maximum Gasteiger partial charge on any atom is 0.340 e. The summed E-state index contributed by atoms with van der Waals surface area (Å²) in [4.78, 5) is 25.0. The van der Waals surface area contributed by atoms with Gasteiger partial charge in [-0.1, -0.05) is 36.8 Å². The average molecular weight is 359 g/mol. The molecule has 0 aliphatic carbocycles. The molecular formula is C19H21NO4S. The van der Waals surface area contributed by atoms with Gasteiger partial charge in [-0.05, 0) is 38.1 Å². The third-order valence-electron chi connectivity index (χ3n) is 3.59. The number of nitrogens with one attached hydrogen (secondary N) is 1. The molecule has 2 rings (SSSR count). The first-order chi connectivity index (χ1) is 11.9. The van der Waals surface area contributed by atoms with Crippen molar-refractivity contribution >= 4 is 28.4 Å². The second-order valence-corrected chi connectivity index (χ2v) is 7.24. The van der Waals surface area contributed by atoms with E-state index in [0.717, 1.165) is 5.56 Å². The van der Waals surface area contributed by atoms with Crippen LogP contribution >= 0.6 is 0 Å². The van der Waals surface area contributed by atoms with Crippen molar-refractivity contribution in [2.45, 2.75) is 31.8 Å². The van der Waals surface area contributed by atoms with Gasteiger partial charge in [-0.25, -0.2) is 4.79 Å². The summed E-state index contributed by atoms with van der Waals surface area (Å²) >= 11 is 0. The quantitative estimate of drug-likeness (QED) is 0.803. The lowest BCUT2D eigenvalue weighted by Gasteiger charge is -2.15. The standard InChI is InChI=1S/C19H21NO4S/c1-4-25(23)17-8-6-5-7-16(17)19(22)24-14(3)18(21)20-15-11-9-13(2)10-12-15/h5-12,14H,4H2,1-3H3,(H,20,21)/t14-,25-/m0/s1. The van der Waals surface area contributed by atoms with E-state index in [1.54, 1.807) is 43.3 Å². The van der Waals surface area contributed by atoms with Crippen molar-refractivity contribution in [1.29, 1.82) is 0 Å². The number of benzene rings is 2. The number of carbonyl (C=O) groups excluding carboxylic acids is 2. The molecule has 1 amide bonds. The number of esters is 1. The largest absolute Gasteiger partial charge is 0.449 e. The Morgan fingerprint density at radius 3 is 2.40 bits per heavy atom. The number of carbonyl (C=O) groups is 2. The highest BCUT2D eigenvalue weighted by Crippen LogP contribution is 2.16. The number of amides is 1. The van der Waals surface area contributed by atoms with Crippen LogP contribution in [0, 0.1) is 6.92 Å². The molecule has 0 saturated heterocycles. The molecule has 1 N–H and O–H groups in total. The smallest absolute Gasteiger partial charge is 0.340 e. The Hall–Kier alpha value is -2.47. The molecule has 0 heterocycles. The van der Waals surface area contributed by atoms with Crippen molar-refractivity contribution in [2.24, 2.45) is 0 Å². The van der Waals surface area contributed by atoms with Gasteiger partial charge in [0.25, 0.3) is 5.91 Å². The predicted molar refractivity (Wildman–Crippen MR) is 98.1 cm³/mol. The van der Waals surface area contributed by atoms with Crippen LogP contribution in [-0.4, -0.2) is 27.9 Å². The van der Waals surface area contributed by atoms with Gasteiger partial charge >= 0.3 is 5.97 Å². The molecule has 0 aliphatic heterocycles. The van der Waals surface area contributed by atoms with Crippen LogP contribution < -0.4 is 5.32 Å². The van der Waals surface area contributed by atoms with Gasteiger partial charge in [0, 0.05) is 11.4 Å². The van der Waals surface area contributed by atoms with Crippen LogP contribution in [0.5, 0.6) is 0 Å². The number of aryl methyl sites for hydroxylation is 1. The SMILES string of the molecule is CC[S@](=O)c1ccccc1C(=O)O[C@@H](C)C(=O)Nc1ccc(C)cc1. The number of rotatable bonds is 6. The van der Waals surface area contributed by atoms with E-state index < -0.39 is 28.8 Å². The van der Waals surface area contributed by atoms with Crippen molar-refractivity contribution < 1.29 is 18.5 Å². The minimum Gasteiger partial charge on any atom is -0.449 e. The first-order valence-corrected chi connectivity index (χ1v) is 9.30. The Kier molecular flexibility index (Phi) is 6.47. The number of anilines is 1. The van der Waals surface area contributed by atoms with Crippen molar-refractivity contribution in [1.82, 2.24) is 0 Å². The van der Waals surface area contributed by atoms with Gasteiger partial charge in [0.1, 0.15) is 0 Å². The van der Waals surface area contributed by atoms with Crippen LogP contribution in [0.1, 0.15) is 29.8 Å². The maximum atomic E-state index is 12.4. The second kappa shape index (κ2) is 8.58. The van der Waals surface area contributed by atoms with E-state index in [-0.39, 0.29) is 5.56 Å². The molecular weight excluding hydrogens is 338 g/mol. The highest BCUT2D eigenvalue weighted by Gasteiger charge is 2.22. The molecule has 2 aromatic carbocycles. The molecule has 6 heteroatoms. The zero-order valence-corrected chi connectivity index (χ0v) is 15.3. The summed E-state index contributed by atoms with van der Waals surface area (Å²) in [5.41, 5.74) is 1.93. The van der Waals surface area contributed by atoms with Gasteiger partial charge in [-0.3, -0.25) is 9.00 Å². The van der Waals surface area contributed by atoms with Gasteiger partial charge in [0.2, 0.25) is 0 Å². The third-order valence-corrected chi connectivity index (χ3v) is 4.96. The van der Waals surface area contributed by atoms with Crippen LogP contribution in [0.4, 0.5) is 5.69 Å². The lowest BCUT2D eigenvalue weighted by molar-refractivity contribution is -0.123. The molecule has 0 aromatic heterocycles. The van der Waals surface area contributed by atoms with E-state index in [2.05, 4.69) is 5.32 Å². The van der Waals surface area contributed by atoms with Crippen LogP contribution in [0.2, 0.25) is 0 Å². The van der Waals surface area contributed by atoms with Gasteiger partial charge in [-0.2, -0.15) is 0 Å². The summed E-state index contributed by atoms with van der Waals surface area (Å²) in [6.07, 6.45) is -0.975. The molecule has 132 valence electrons. The first-order valence-electron chi connectivity index (χ1n) is 7.98. The summed E-state index contributed by atoms with van der Waals surface area (Å²) in [6, 6.07) is 13.9. The molecule has 0 unspecified atom stereocenters. The van der Waals surface area contributed by atoms with E-state index in [1.165, 1.54) is 6.92 Å². The minimum atomic E-state index is -1.28. The van der Waals surface area contributed by atoms with Gasteiger partial charge in [0.05, 0.1) is 21.3 Å². The van der Waals surface area contributed by atoms with Crippen LogP contribution in [0.3, 0.4) is 0 Å². The second-order valence-electron chi connectivity index (χ2n) is 5.53. The van der Waals surface area contributed by atoms with Gasteiger partial charge in [-0.15, -0.1) is 0 Å². The molecule has 25 heavy (non-hydrogen) atoms. The third kappa shape index (κ3) is 5.00. The normalized spacial score (nSPS) is 12.9. The van der Waals surface area contributed by atoms with E-state index >= 15 is 0 Å². The van der Waals surface area contributed by atoms with Crippen LogP contribution in [-0.2, 0) is 20.3 Å². The molecule has 0 bridgehead atoms. The molecule has 0 aliphatic rings. The molecule has 0 fully saturated rings. The maximum absolute atomic E-state index is 12.4. The average Bonchev–Trinajstić information content (AvgIpc) is 2.62. The summed E-state index contributed by atoms with van der Waals surface area (Å²) in [7, 11) is -1.28. The monoisotopic (exact) mass is 359 g/mol. The minimum absolute atomic E-state index is 0.220. The Labute approximate surface area is 149 Å². The van der Waals surface area contributed by atoms with E-state index in [4.69, 9.17) is 4.74 Å². The Bertz CT molecular complexity index is 786. The zero-order chi connectivity index (χ0) is 18.4. The Morgan fingerprint density at radius 2 is 1.76 bits per heavy atom. The van der Waals surface area contributed by atoms with Gasteiger partial charge in [0.15, 0.2) is 6.10 Å². The molecule has 2 atom stereocenters. The zero-order valence-electron chi connectivity index (χ0n) is 14.4. The number of hydrogen-bond donors (Lipinski definition) is 1. The highest BCUT2D eigenvalue weighted by molar-refractivity contribution is 7.85. The summed E-state index contributed by atoms with van der Waals surface area (Å²) in [6.45, 7) is 5.23. The fourth-order valence-electron chi connectivity index (χ4n) is 2.15.